The van der Waals surface area contributed by atoms with Crippen molar-refractivity contribution in [3.05, 3.63) is 36.0 Å². The van der Waals surface area contributed by atoms with Gasteiger partial charge in [0.2, 0.25) is 5.91 Å². The van der Waals surface area contributed by atoms with Gasteiger partial charge in [0.25, 0.3) is 0 Å². The number of carbonyl (C=O) groups excluding carboxylic acids is 1. The van der Waals surface area contributed by atoms with Gasteiger partial charge in [-0.3, -0.25) is 4.79 Å². The van der Waals surface area contributed by atoms with Crippen LogP contribution in [0.5, 0.6) is 0 Å². The van der Waals surface area contributed by atoms with Gasteiger partial charge in [-0.15, -0.1) is 0 Å². The summed E-state index contributed by atoms with van der Waals surface area (Å²) in [5.74, 6) is -1.05. The summed E-state index contributed by atoms with van der Waals surface area (Å²) in [7, 11) is 0. The first-order valence-electron chi connectivity index (χ1n) is 7.11. The van der Waals surface area contributed by atoms with E-state index in [2.05, 4.69) is 4.98 Å². The number of fused-ring (bicyclic) bond motifs is 1. The molecule has 2 aromatic rings. The van der Waals surface area contributed by atoms with Crippen LogP contribution in [-0.4, -0.2) is 39.0 Å². The quantitative estimate of drug-likeness (QED) is 0.908. The fraction of sp³-hybridized carbons (Fsp3) is 0.375. The molecule has 0 bridgehead atoms. The van der Waals surface area contributed by atoms with E-state index < -0.39 is 11.5 Å². The summed E-state index contributed by atoms with van der Waals surface area (Å²) >= 11 is 0. The van der Waals surface area contributed by atoms with Crippen molar-refractivity contribution in [2.24, 2.45) is 0 Å². The molecule has 21 heavy (non-hydrogen) atoms. The number of hydrogen-bond donors (Lipinski definition) is 2. The van der Waals surface area contributed by atoms with Crippen molar-refractivity contribution in [1.29, 1.82) is 0 Å². The van der Waals surface area contributed by atoms with E-state index in [9.17, 15) is 14.7 Å². The topological polar surface area (TPSA) is 73.4 Å². The number of carboxylic acids is 1. The Bertz CT molecular complexity index is 706. The lowest BCUT2D eigenvalue weighted by Gasteiger charge is -2.31. The number of rotatable bonds is 3. The molecule has 1 aromatic carbocycles. The third-order valence-corrected chi connectivity index (χ3v) is 4.42. The Morgan fingerprint density at radius 3 is 2.90 bits per heavy atom. The number of hydrogen-bond acceptors (Lipinski definition) is 2. The maximum atomic E-state index is 12.5. The predicted octanol–water partition coefficient (Wildman–Crippen LogP) is 2.18. The summed E-state index contributed by atoms with van der Waals surface area (Å²) in [4.78, 5) is 28.6. The number of H-pyrrole nitrogens is 1. The summed E-state index contributed by atoms with van der Waals surface area (Å²) in [6, 6.07) is 7.79. The van der Waals surface area contributed by atoms with Crippen LogP contribution in [0.4, 0.5) is 0 Å². The van der Waals surface area contributed by atoms with Gasteiger partial charge in [0.15, 0.2) is 0 Å². The molecule has 1 amide bonds. The number of nitrogens with one attached hydrogen (secondary N) is 1. The Balaban J connectivity index is 1.85. The number of benzene rings is 1. The highest BCUT2D eigenvalue weighted by Crippen LogP contribution is 2.30. The Hall–Kier alpha value is -2.30. The van der Waals surface area contributed by atoms with Gasteiger partial charge in [-0.2, -0.15) is 0 Å². The van der Waals surface area contributed by atoms with Crippen molar-refractivity contribution in [3.63, 3.8) is 0 Å². The van der Waals surface area contributed by atoms with E-state index in [0.717, 1.165) is 22.9 Å². The fourth-order valence-electron chi connectivity index (χ4n) is 3.12. The van der Waals surface area contributed by atoms with E-state index in [0.29, 0.717) is 13.0 Å². The Labute approximate surface area is 122 Å². The first-order valence-corrected chi connectivity index (χ1v) is 7.11. The van der Waals surface area contributed by atoms with E-state index >= 15 is 0 Å². The molecule has 1 aliphatic rings. The van der Waals surface area contributed by atoms with Gasteiger partial charge >= 0.3 is 5.97 Å². The maximum absolute atomic E-state index is 12.5. The second-order valence-electron chi connectivity index (χ2n) is 5.76. The molecule has 0 spiro atoms. The molecule has 0 aliphatic carbocycles. The molecule has 2 N–H and O–H groups in total. The van der Waals surface area contributed by atoms with Crippen molar-refractivity contribution in [2.45, 2.75) is 31.7 Å². The van der Waals surface area contributed by atoms with Crippen molar-refractivity contribution < 1.29 is 14.7 Å². The number of aromatic amines is 1. The van der Waals surface area contributed by atoms with Gasteiger partial charge in [-0.25, -0.2) is 4.79 Å². The van der Waals surface area contributed by atoms with Crippen LogP contribution < -0.4 is 0 Å². The molecule has 5 heteroatoms. The zero-order chi connectivity index (χ0) is 15.0. The van der Waals surface area contributed by atoms with Crippen LogP contribution in [0.15, 0.2) is 30.5 Å². The second-order valence-corrected chi connectivity index (χ2v) is 5.76. The fourth-order valence-corrected chi connectivity index (χ4v) is 3.12. The molecule has 5 nitrogen and oxygen atoms in total. The third kappa shape index (κ3) is 2.18. The van der Waals surface area contributed by atoms with Gasteiger partial charge in [0, 0.05) is 23.6 Å². The molecule has 2 heterocycles. The molecule has 0 saturated carbocycles. The van der Waals surface area contributed by atoms with Crippen molar-refractivity contribution in [3.8, 4) is 0 Å². The molecular formula is C16H18N2O3. The normalized spacial score (nSPS) is 21.9. The van der Waals surface area contributed by atoms with Crippen LogP contribution in [-0.2, 0) is 16.0 Å². The van der Waals surface area contributed by atoms with Gasteiger partial charge in [0.1, 0.15) is 5.54 Å². The molecular weight excluding hydrogens is 268 g/mol. The summed E-state index contributed by atoms with van der Waals surface area (Å²) < 4.78 is 0. The lowest BCUT2D eigenvalue weighted by molar-refractivity contribution is -0.155. The largest absolute Gasteiger partial charge is 0.480 e. The number of aliphatic carboxylic acids is 1. The number of amides is 1. The molecule has 1 aliphatic heterocycles. The number of para-hydroxylation sites is 1. The minimum absolute atomic E-state index is 0.123. The molecule has 1 saturated heterocycles. The molecule has 1 atom stereocenters. The number of carbonyl (C=O) groups is 2. The Morgan fingerprint density at radius 1 is 1.38 bits per heavy atom. The smallest absolute Gasteiger partial charge is 0.329 e. The molecule has 0 radical (unpaired) electrons. The van der Waals surface area contributed by atoms with Crippen LogP contribution in [0.25, 0.3) is 10.9 Å². The van der Waals surface area contributed by atoms with E-state index in [1.54, 1.807) is 6.92 Å². The first kappa shape index (κ1) is 13.7. The molecule has 1 unspecified atom stereocenters. The van der Waals surface area contributed by atoms with Crippen LogP contribution >= 0.6 is 0 Å². The molecule has 3 rings (SSSR count). The highest BCUT2D eigenvalue weighted by atomic mass is 16.4. The van der Waals surface area contributed by atoms with Gasteiger partial charge < -0.3 is 15.0 Å². The predicted molar refractivity (Wildman–Crippen MR) is 79.0 cm³/mol. The third-order valence-electron chi connectivity index (χ3n) is 4.42. The minimum Gasteiger partial charge on any atom is -0.480 e. The summed E-state index contributed by atoms with van der Waals surface area (Å²) in [5, 5.41) is 10.4. The molecule has 1 fully saturated rings. The van der Waals surface area contributed by atoms with Crippen molar-refractivity contribution in [2.75, 3.05) is 6.54 Å². The maximum Gasteiger partial charge on any atom is 0.329 e. The second kappa shape index (κ2) is 4.91. The van der Waals surface area contributed by atoms with Crippen LogP contribution in [0, 0.1) is 0 Å². The van der Waals surface area contributed by atoms with E-state index in [1.165, 1.54) is 4.90 Å². The first-order chi connectivity index (χ1) is 10.0. The molecule has 1 aromatic heterocycles. The number of aromatic nitrogens is 1. The SMILES string of the molecule is CC1(C(=O)O)CCCN1C(=O)Cc1c[nH]c2ccccc12. The Morgan fingerprint density at radius 2 is 2.14 bits per heavy atom. The summed E-state index contributed by atoms with van der Waals surface area (Å²) in [6.45, 7) is 2.15. The van der Waals surface area contributed by atoms with Crippen molar-refractivity contribution in [1.82, 2.24) is 9.88 Å². The van der Waals surface area contributed by atoms with E-state index in [1.807, 2.05) is 30.5 Å². The number of carboxylic acid groups (broad SMARTS) is 1. The van der Waals surface area contributed by atoms with Crippen LogP contribution in [0.2, 0.25) is 0 Å². The van der Waals surface area contributed by atoms with Crippen molar-refractivity contribution >= 4 is 22.8 Å². The molecule has 110 valence electrons. The zero-order valence-corrected chi connectivity index (χ0v) is 11.9. The lowest BCUT2D eigenvalue weighted by atomic mass is 9.98. The lowest BCUT2D eigenvalue weighted by Crippen LogP contribution is -2.51. The van der Waals surface area contributed by atoms with E-state index in [4.69, 9.17) is 0 Å². The van der Waals surface area contributed by atoms with Gasteiger partial charge in [-0.05, 0) is 31.4 Å². The van der Waals surface area contributed by atoms with Gasteiger partial charge in [0.05, 0.1) is 6.42 Å². The average Bonchev–Trinajstić information content (AvgIpc) is 3.04. The number of nitrogens with zero attached hydrogens (tertiary/aromatic N) is 1. The average molecular weight is 286 g/mol. The van der Waals surface area contributed by atoms with Gasteiger partial charge in [-0.1, -0.05) is 18.2 Å². The minimum atomic E-state index is -1.07. The highest BCUT2D eigenvalue weighted by Gasteiger charge is 2.45. The zero-order valence-electron chi connectivity index (χ0n) is 11.9. The monoisotopic (exact) mass is 286 g/mol. The van der Waals surface area contributed by atoms with E-state index in [-0.39, 0.29) is 12.3 Å². The highest BCUT2D eigenvalue weighted by molar-refractivity contribution is 5.92. The summed E-state index contributed by atoms with van der Waals surface area (Å²) in [5.41, 5.74) is 0.835. The Kier molecular flexibility index (Phi) is 3.20. The van der Waals surface area contributed by atoms with Crippen LogP contribution in [0.1, 0.15) is 25.3 Å². The summed E-state index contributed by atoms with van der Waals surface area (Å²) in [6.07, 6.45) is 3.31. The standard InChI is InChI=1S/C16H18N2O3/c1-16(15(20)21)7-4-8-18(16)14(19)9-11-10-17-13-6-3-2-5-12(11)13/h2-3,5-6,10,17H,4,7-9H2,1H3,(H,20,21). The number of likely N-dealkylation sites (tertiary alicyclic amines) is 1. The van der Waals surface area contributed by atoms with Crippen LogP contribution in [0.3, 0.4) is 0 Å².